The van der Waals surface area contributed by atoms with Crippen molar-refractivity contribution < 1.29 is 32.2 Å². The van der Waals surface area contributed by atoms with E-state index in [4.69, 9.17) is 18.9 Å². The van der Waals surface area contributed by atoms with Gasteiger partial charge >= 0.3 is 0 Å². The van der Waals surface area contributed by atoms with E-state index in [0.29, 0.717) is 28.7 Å². The molecule has 3 rings (SSSR count). The Morgan fingerprint density at radius 2 is 1.41 bits per heavy atom. The molecule has 3 aromatic rings. The Bertz CT molecular complexity index is 1240. The average Bonchev–Trinajstić information content (AvgIpc) is 2.87. The van der Waals surface area contributed by atoms with Crippen molar-refractivity contribution in [2.45, 2.75) is 4.90 Å². The molecule has 0 unspecified atom stereocenters. The molecule has 0 aliphatic carbocycles. The van der Waals surface area contributed by atoms with Gasteiger partial charge in [0, 0.05) is 6.07 Å². The Balaban J connectivity index is 2.00. The number of para-hydroxylation sites is 2. The lowest BCUT2D eigenvalue weighted by Gasteiger charge is -2.26. The summed E-state index contributed by atoms with van der Waals surface area (Å²) in [7, 11) is 1.73. The molecule has 0 heterocycles. The first-order valence-corrected chi connectivity index (χ1v) is 11.6. The molecule has 0 saturated carbocycles. The number of nitrogens with one attached hydrogen (secondary N) is 1. The Morgan fingerprint density at radius 3 is 2.03 bits per heavy atom. The van der Waals surface area contributed by atoms with Crippen LogP contribution in [0.1, 0.15) is 0 Å². The summed E-state index contributed by atoms with van der Waals surface area (Å²) in [4.78, 5) is 13.1. The molecule has 1 N–H and O–H groups in total. The summed E-state index contributed by atoms with van der Waals surface area (Å²) in [6.07, 6.45) is 0. The molecule has 0 radical (unpaired) electrons. The van der Waals surface area contributed by atoms with Crippen molar-refractivity contribution in [1.82, 2.24) is 0 Å². The van der Waals surface area contributed by atoms with Crippen molar-refractivity contribution in [2.24, 2.45) is 0 Å². The van der Waals surface area contributed by atoms with Crippen LogP contribution in [0, 0.1) is 0 Å². The van der Waals surface area contributed by atoms with Gasteiger partial charge in [-0.2, -0.15) is 0 Å². The third kappa shape index (κ3) is 5.34. The highest BCUT2D eigenvalue weighted by Gasteiger charge is 2.29. The molecule has 0 saturated heterocycles. The van der Waals surface area contributed by atoms with E-state index in [1.165, 1.54) is 52.7 Å². The van der Waals surface area contributed by atoms with Gasteiger partial charge in [0.15, 0.2) is 0 Å². The zero-order chi connectivity index (χ0) is 24.7. The summed E-state index contributed by atoms with van der Waals surface area (Å²) in [5, 5.41) is 2.70. The number of amides is 1. The van der Waals surface area contributed by atoms with Gasteiger partial charge in [0.1, 0.15) is 29.5 Å². The van der Waals surface area contributed by atoms with E-state index in [-0.39, 0.29) is 10.6 Å². The van der Waals surface area contributed by atoms with Gasteiger partial charge in [0.25, 0.3) is 10.0 Å². The van der Waals surface area contributed by atoms with Crippen LogP contribution in [-0.4, -0.2) is 49.3 Å². The van der Waals surface area contributed by atoms with Crippen molar-refractivity contribution in [2.75, 3.05) is 44.6 Å². The molecule has 9 nitrogen and oxygen atoms in total. The summed E-state index contributed by atoms with van der Waals surface area (Å²) < 4.78 is 49.2. The normalized spacial score (nSPS) is 10.8. The highest BCUT2D eigenvalue weighted by molar-refractivity contribution is 7.92. The second-order valence-corrected chi connectivity index (χ2v) is 8.84. The topological polar surface area (TPSA) is 103 Å². The zero-order valence-electron chi connectivity index (χ0n) is 19.3. The largest absolute Gasteiger partial charge is 0.497 e. The van der Waals surface area contributed by atoms with E-state index in [1.807, 2.05) is 0 Å². The second-order valence-electron chi connectivity index (χ2n) is 6.97. The van der Waals surface area contributed by atoms with Gasteiger partial charge < -0.3 is 24.3 Å². The second kappa shape index (κ2) is 10.8. The van der Waals surface area contributed by atoms with Gasteiger partial charge in [-0.25, -0.2) is 8.42 Å². The number of hydrogen-bond acceptors (Lipinski definition) is 7. The van der Waals surface area contributed by atoms with Crippen LogP contribution in [0.15, 0.2) is 71.6 Å². The van der Waals surface area contributed by atoms with Gasteiger partial charge in [-0.3, -0.25) is 9.10 Å². The van der Waals surface area contributed by atoms with E-state index in [1.54, 1.807) is 42.5 Å². The lowest BCUT2D eigenvalue weighted by Crippen LogP contribution is -2.38. The standard InChI is InChI=1S/C24H26N2O7S/c1-30-17-9-12-19(13-10-17)34(28,29)26(21-7-5-6-8-23(21)33-4)16-24(27)25-20-15-18(31-2)11-14-22(20)32-3/h5-15H,16H2,1-4H3,(H,25,27). The predicted octanol–water partition coefficient (Wildman–Crippen LogP) is 3.56. The number of nitrogens with zero attached hydrogens (tertiary/aromatic N) is 1. The molecule has 0 bridgehead atoms. The first-order valence-electron chi connectivity index (χ1n) is 10.2. The Kier molecular flexibility index (Phi) is 7.85. The average molecular weight is 487 g/mol. The molecule has 180 valence electrons. The van der Waals surface area contributed by atoms with E-state index >= 15 is 0 Å². The lowest BCUT2D eigenvalue weighted by molar-refractivity contribution is -0.114. The molecule has 3 aromatic carbocycles. The van der Waals surface area contributed by atoms with Crippen LogP contribution >= 0.6 is 0 Å². The van der Waals surface area contributed by atoms with Gasteiger partial charge in [0.05, 0.1) is 44.7 Å². The summed E-state index contributed by atoms with van der Waals surface area (Å²) in [6.45, 7) is -0.519. The number of rotatable bonds is 10. The molecular formula is C24H26N2O7S. The number of methoxy groups -OCH3 is 4. The number of carbonyl (C=O) groups is 1. The minimum Gasteiger partial charge on any atom is -0.497 e. The van der Waals surface area contributed by atoms with E-state index in [9.17, 15) is 13.2 Å². The van der Waals surface area contributed by atoms with Crippen LogP contribution in [0.2, 0.25) is 0 Å². The van der Waals surface area contributed by atoms with Crippen molar-refractivity contribution in [3.63, 3.8) is 0 Å². The molecule has 0 fully saturated rings. The molecule has 0 aliphatic heterocycles. The maximum Gasteiger partial charge on any atom is 0.264 e. The fourth-order valence-corrected chi connectivity index (χ4v) is 4.67. The minimum atomic E-state index is -4.15. The fourth-order valence-electron chi connectivity index (χ4n) is 3.24. The quantitative estimate of drug-likeness (QED) is 0.467. The lowest BCUT2D eigenvalue weighted by atomic mass is 10.2. The highest BCUT2D eigenvalue weighted by Crippen LogP contribution is 2.33. The monoisotopic (exact) mass is 486 g/mol. The van der Waals surface area contributed by atoms with Crippen molar-refractivity contribution in [1.29, 1.82) is 0 Å². The molecule has 34 heavy (non-hydrogen) atoms. The molecule has 0 spiro atoms. The summed E-state index contributed by atoms with van der Waals surface area (Å²) in [5.41, 5.74) is 0.558. The van der Waals surface area contributed by atoms with Crippen LogP contribution < -0.4 is 28.6 Å². The molecule has 0 aliphatic rings. The van der Waals surface area contributed by atoms with Gasteiger partial charge in [-0.05, 0) is 48.5 Å². The van der Waals surface area contributed by atoms with Crippen LogP contribution in [0.5, 0.6) is 23.0 Å². The molecule has 0 atom stereocenters. The number of anilines is 2. The smallest absolute Gasteiger partial charge is 0.264 e. The Hall–Kier alpha value is -3.92. The van der Waals surface area contributed by atoms with Gasteiger partial charge in [-0.15, -0.1) is 0 Å². The third-order valence-electron chi connectivity index (χ3n) is 4.97. The first-order chi connectivity index (χ1) is 16.3. The number of carbonyl (C=O) groups excluding carboxylic acids is 1. The van der Waals surface area contributed by atoms with Crippen LogP contribution in [0.3, 0.4) is 0 Å². The van der Waals surface area contributed by atoms with Crippen LogP contribution in [-0.2, 0) is 14.8 Å². The fraction of sp³-hybridized carbons (Fsp3) is 0.208. The third-order valence-corrected chi connectivity index (χ3v) is 6.74. The van der Waals surface area contributed by atoms with Gasteiger partial charge in [-0.1, -0.05) is 12.1 Å². The van der Waals surface area contributed by atoms with Crippen molar-refractivity contribution >= 4 is 27.3 Å². The maximum absolute atomic E-state index is 13.6. The van der Waals surface area contributed by atoms with Gasteiger partial charge in [0.2, 0.25) is 5.91 Å². The number of hydrogen-bond donors (Lipinski definition) is 1. The van der Waals surface area contributed by atoms with Crippen LogP contribution in [0.25, 0.3) is 0 Å². The molecule has 1 amide bonds. The van der Waals surface area contributed by atoms with E-state index in [0.717, 1.165) is 4.31 Å². The molecular weight excluding hydrogens is 460 g/mol. The number of benzene rings is 3. The Labute approximate surface area is 198 Å². The van der Waals surface area contributed by atoms with E-state index < -0.39 is 22.5 Å². The van der Waals surface area contributed by atoms with E-state index in [2.05, 4.69) is 5.32 Å². The summed E-state index contributed by atoms with van der Waals surface area (Å²) >= 11 is 0. The molecule has 10 heteroatoms. The predicted molar refractivity (Wildman–Crippen MR) is 129 cm³/mol. The minimum absolute atomic E-state index is 0.00836. The first kappa shape index (κ1) is 24.7. The zero-order valence-corrected chi connectivity index (χ0v) is 20.1. The number of sulfonamides is 1. The SMILES string of the molecule is COc1ccc(S(=O)(=O)N(CC(=O)Nc2cc(OC)ccc2OC)c2ccccc2OC)cc1. The number of ether oxygens (including phenoxy) is 4. The molecule has 0 aromatic heterocycles. The summed E-state index contributed by atoms with van der Waals surface area (Å²) in [6, 6.07) is 17.4. The van der Waals surface area contributed by atoms with Crippen LogP contribution in [0.4, 0.5) is 11.4 Å². The van der Waals surface area contributed by atoms with Crippen molar-refractivity contribution in [3.8, 4) is 23.0 Å². The van der Waals surface area contributed by atoms with Crippen molar-refractivity contribution in [3.05, 3.63) is 66.7 Å². The highest BCUT2D eigenvalue weighted by atomic mass is 32.2. The maximum atomic E-state index is 13.6. The summed E-state index contributed by atoms with van der Waals surface area (Å²) in [5.74, 6) is 1.12. The Morgan fingerprint density at radius 1 is 0.794 bits per heavy atom.